The second kappa shape index (κ2) is 7.08. The topological polar surface area (TPSA) is 36.3 Å². The number of hydrogen-bond acceptors (Lipinski definition) is 3. The van der Waals surface area contributed by atoms with Crippen molar-refractivity contribution in [2.45, 2.75) is 26.4 Å². The Morgan fingerprint density at radius 2 is 2.17 bits per heavy atom. The molecule has 0 aromatic rings. The highest BCUT2D eigenvalue weighted by atomic mass is 16.5. The highest BCUT2D eigenvalue weighted by molar-refractivity contribution is 4.73. The predicted molar refractivity (Wildman–Crippen MR) is 48.8 cm³/mol. The Morgan fingerprint density at radius 3 is 2.67 bits per heavy atom. The first kappa shape index (κ1) is 11.4. The van der Waals surface area contributed by atoms with E-state index in [0.717, 1.165) is 19.6 Å². The highest BCUT2D eigenvalue weighted by Crippen LogP contribution is 1.92. The summed E-state index contributed by atoms with van der Waals surface area (Å²) >= 11 is 0. The third kappa shape index (κ3) is 7.52. The Morgan fingerprint density at radius 1 is 1.50 bits per heavy atom. The first-order chi connectivity index (χ1) is 5.66. The van der Waals surface area contributed by atoms with E-state index in [1.54, 1.807) is 0 Å². The lowest BCUT2D eigenvalue weighted by Crippen LogP contribution is -2.21. The van der Waals surface area contributed by atoms with Crippen molar-refractivity contribution in [1.82, 2.24) is 4.90 Å². The van der Waals surface area contributed by atoms with E-state index in [9.17, 15) is 0 Å². The van der Waals surface area contributed by atoms with Gasteiger partial charge >= 0.3 is 0 Å². The molecule has 0 amide bonds. The molecule has 0 aliphatic carbocycles. The lowest BCUT2D eigenvalue weighted by Gasteiger charge is -2.12. The van der Waals surface area contributed by atoms with Crippen LogP contribution in [0.4, 0.5) is 0 Å². The summed E-state index contributed by atoms with van der Waals surface area (Å²) in [5, 5.41) is 8.36. The van der Waals surface area contributed by atoms with Gasteiger partial charge in [-0.3, -0.25) is 4.90 Å². The Bertz CT molecular complexity index is 140. The summed E-state index contributed by atoms with van der Waals surface area (Å²) in [6.45, 7) is 6.27. The summed E-state index contributed by atoms with van der Waals surface area (Å²) in [6, 6.07) is 2.10. The van der Waals surface area contributed by atoms with Gasteiger partial charge in [0.15, 0.2) is 0 Å². The molecule has 3 nitrogen and oxygen atoms in total. The second-order valence-electron chi connectivity index (χ2n) is 3.17. The van der Waals surface area contributed by atoms with Crippen LogP contribution in [0, 0.1) is 11.3 Å². The van der Waals surface area contributed by atoms with Gasteiger partial charge in [-0.1, -0.05) is 0 Å². The first-order valence-electron chi connectivity index (χ1n) is 4.34. The molecule has 0 heterocycles. The Labute approximate surface area is 74.9 Å². The van der Waals surface area contributed by atoms with Crippen LogP contribution in [0.15, 0.2) is 0 Å². The fourth-order valence-corrected chi connectivity index (χ4v) is 0.853. The molecule has 70 valence electrons. The zero-order valence-corrected chi connectivity index (χ0v) is 8.21. The monoisotopic (exact) mass is 170 g/mol. The van der Waals surface area contributed by atoms with E-state index in [4.69, 9.17) is 10.00 Å². The summed E-state index contributed by atoms with van der Waals surface area (Å²) in [5.74, 6) is 0. The molecule has 0 spiro atoms. The molecule has 3 heteroatoms. The zero-order valence-electron chi connectivity index (χ0n) is 8.21. The largest absolute Gasteiger partial charge is 0.379 e. The molecule has 0 saturated carbocycles. The van der Waals surface area contributed by atoms with Gasteiger partial charge in [-0.2, -0.15) is 5.26 Å². The smallest absolute Gasteiger partial charge is 0.0863 e. The van der Waals surface area contributed by atoms with Crippen molar-refractivity contribution in [2.24, 2.45) is 0 Å². The first-order valence-corrected chi connectivity index (χ1v) is 4.34. The Kier molecular flexibility index (Phi) is 6.73. The molecule has 0 saturated heterocycles. The molecule has 0 bridgehead atoms. The van der Waals surface area contributed by atoms with Crippen LogP contribution < -0.4 is 0 Å². The Hall–Kier alpha value is -0.590. The molecule has 0 aromatic carbocycles. The molecule has 0 aliphatic heterocycles. The SMILES string of the molecule is CC(C)OCCCN(C)CC#N. The van der Waals surface area contributed by atoms with Gasteiger partial charge in [0.25, 0.3) is 0 Å². The van der Waals surface area contributed by atoms with Crippen molar-refractivity contribution in [3.05, 3.63) is 0 Å². The minimum atomic E-state index is 0.311. The van der Waals surface area contributed by atoms with Gasteiger partial charge in [0, 0.05) is 13.2 Å². The van der Waals surface area contributed by atoms with Gasteiger partial charge in [0.05, 0.1) is 18.7 Å². The van der Waals surface area contributed by atoms with Crippen LogP contribution in [0.5, 0.6) is 0 Å². The Balaban J connectivity index is 3.15. The number of ether oxygens (including phenoxy) is 1. The number of nitrogens with zero attached hydrogens (tertiary/aromatic N) is 2. The molecular weight excluding hydrogens is 152 g/mol. The van der Waals surface area contributed by atoms with E-state index in [-0.39, 0.29) is 0 Å². The molecule has 0 N–H and O–H groups in total. The fraction of sp³-hybridized carbons (Fsp3) is 0.889. The van der Waals surface area contributed by atoms with Crippen molar-refractivity contribution in [1.29, 1.82) is 5.26 Å². The van der Waals surface area contributed by atoms with E-state index in [1.165, 1.54) is 0 Å². The minimum absolute atomic E-state index is 0.311. The van der Waals surface area contributed by atoms with Gasteiger partial charge in [0.2, 0.25) is 0 Å². The molecule has 0 rings (SSSR count). The van der Waals surface area contributed by atoms with E-state index >= 15 is 0 Å². The third-order valence-electron chi connectivity index (χ3n) is 1.48. The highest BCUT2D eigenvalue weighted by Gasteiger charge is 1.97. The van der Waals surface area contributed by atoms with E-state index in [1.807, 2.05) is 25.8 Å². The van der Waals surface area contributed by atoms with Crippen LogP contribution in [0.3, 0.4) is 0 Å². The molecule has 12 heavy (non-hydrogen) atoms. The van der Waals surface area contributed by atoms with Crippen molar-refractivity contribution in [3.8, 4) is 6.07 Å². The van der Waals surface area contributed by atoms with Crippen LogP contribution in [-0.2, 0) is 4.74 Å². The molecule has 0 atom stereocenters. The normalized spacial score (nSPS) is 10.7. The van der Waals surface area contributed by atoms with Gasteiger partial charge < -0.3 is 4.74 Å². The molecule has 0 aromatic heterocycles. The molecule has 0 unspecified atom stereocenters. The van der Waals surface area contributed by atoms with Gasteiger partial charge in [-0.05, 0) is 27.3 Å². The van der Waals surface area contributed by atoms with Crippen LogP contribution >= 0.6 is 0 Å². The number of rotatable bonds is 6. The molecular formula is C9H18N2O. The average Bonchev–Trinajstić information content (AvgIpc) is 1.98. The van der Waals surface area contributed by atoms with E-state index in [0.29, 0.717) is 12.6 Å². The maximum Gasteiger partial charge on any atom is 0.0863 e. The zero-order chi connectivity index (χ0) is 9.40. The van der Waals surface area contributed by atoms with Crippen LogP contribution in [-0.4, -0.2) is 37.7 Å². The standard InChI is InChI=1S/C9H18N2O/c1-9(2)12-8-4-6-11(3)7-5-10/h9H,4,6-8H2,1-3H3. The summed E-state index contributed by atoms with van der Waals surface area (Å²) in [7, 11) is 1.94. The number of nitriles is 1. The van der Waals surface area contributed by atoms with Gasteiger partial charge in [0.1, 0.15) is 0 Å². The fourth-order valence-electron chi connectivity index (χ4n) is 0.853. The van der Waals surface area contributed by atoms with Crippen LogP contribution in [0.25, 0.3) is 0 Å². The summed E-state index contributed by atoms with van der Waals surface area (Å²) < 4.78 is 5.36. The van der Waals surface area contributed by atoms with E-state index < -0.39 is 0 Å². The maximum atomic E-state index is 8.36. The van der Waals surface area contributed by atoms with Crippen molar-refractivity contribution < 1.29 is 4.74 Å². The van der Waals surface area contributed by atoms with Crippen molar-refractivity contribution in [3.63, 3.8) is 0 Å². The second-order valence-corrected chi connectivity index (χ2v) is 3.17. The summed E-state index contributed by atoms with van der Waals surface area (Å²) in [6.07, 6.45) is 1.31. The van der Waals surface area contributed by atoms with Crippen molar-refractivity contribution in [2.75, 3.05) is 26.7 Å². The summed E-state index contributed by atoms with van der Waals surface area (Å²) in [5.41, 5.74) is 0. The number of hydrogen-bond donors (Lipinski definition) is 0. The maximum absolute atomic E-state index is 8.36. The molecule has 0 fully saturated rings. The lowest BCUT2D eigenvalue weighted by molar-refractivity contribution is 0.0728. The van der Waals surface area contributed by atoms with Crippen molar-refractivity contribution >= 4 is 0 Å². The third-order valence-corrected chi connectivity index (χ3v) is 1.48. The van der Waals surface area contributed by atoms with Gasteiger partial charge in [-0.15, -0.1) is 0 Å². The van der Waals surface area contributed by atoms with Gasteiger partial charge in [-0.25, -0.2) is 0 Å². The molecule has 0 radical (unpaired) electrons. The molecule has 0 aliphatic rings. The van der Waals surface area contributed by atoms with Crippen LogP contribution in [0.1, 0.15) is 20.3 Å². The van der Waals surface area contributed by atoms with E-state index in [2.05, 4.69) is 6.07 Å². The minimum Gasteiger partial charge on any atom is -0.379 e. The predicted octanol–water partition coefficient (Wildman–Crippen LogP) is 1.26. The summed E-state index contributed by atoms with van der Waals surface area (Å²) in [4.78, 5) is 1.99. The average molecular weight is 170 g/mol. The lowest BCUT2D eigenvalue weighted by atomic mass is 10.4. The quantitative estimate of drug-likeness (QED) is 0.444. The van der Waals surface area contributed by atoms with Crippen LogP contribution in [0.2, 0.25) is 0 Å².